The first-order chi connectivity index (χ1) is 16.3. The van der Waals surface area contributed by atoms with E-state index in [1.807, 2.05) is 78.9 Å². The van der Waals surface area contributed by atoms with Crippen molar-refractivity contribution in [3.05, 3.63) is 109 Å². The monoisotopic (exact) mass is 467 g/mol. The summed E-state index contributed by atoms with van der Waals surface area (Å²) in [4.78, 5) is 19.8. The van der Waals surface area contributed by atoms with Crippen molar-refractivity contribution in [1.29, 1.82) is 0 Å². The Kier molecular flexibility index (Phi) is 6.46. The molecule has 1 N–H and O–H groups in total. The Morgan fingerprint density at radius 3 is 2.27 bits per heavy atom. The molecule has 1 aromatic heterocycles. The third-order valence-electron chi connectivity index (χ3n) is 5.01. The largest absolute Gasteiger partial charge is 0.324 e. The highest BCUT2D eigenvalue weighted by atomic mass is 32.2. The summed E-state index contributed by atoms with van der Waals surface area (Å²) < 4.78 is 2.10. The maximum Gasteiger partial charge on any atom is 0.234 e. The molecule has 162 valence electrons. The van der Waals surface area contributed by atoms with Crippen LogP contribution in [-0.4, -0.2) is 21.2 Å². The highest BCUT2D eigenvalue weighted by Crippen LogP contribution is 2.33. The second-order valence-electron chi connectivity index (χ2n) is 7.30. The Morgan fingerprint density at radius 2 is 1.45 bits per heavy atom. The number of hydrogen-bond donors (Lipinski definition) is 1. The highest BCUT2D eigenvalue weighted by Gasteiger charge is 2.15. The molecule has 0 bridgehead atoms. The number of aromatic nitrogens is 2. The van der Waals surface area contributed by atoms with Gasteiger partial charge in [0.05, 0.1) is 22.5 Å². The lowest BCUT2D eigenvalue weighted by Crippen LogP contribution is -2.15. The minimum atomic E-state index is -0.0622. The smallest absolute Gasteiger partial charge is 0.234 e. The number of hydrogen-bond acceptors (Lipinski definition) is 4. The molecule has 0 atom stereocenters. The molecule has 0 fully saturated rings. The van der Waals surface area contributed by atoms with Crippen molar-refractivity contribution in [2.24, 2.45) is 0 Å². The Bertz CT molecular complexity index is 1380. The number of para-hydroxylation sites is 4. The van der Waals surface area contributed by atoms with Gasteiger partial charge in [0, 0.05) is 15.5 Å². The number of benzene rings is 4. The van der Waals surface area contributed by atoms with Crippen LogP contribution in [0.5, 0.6) is 0 Å². The van der Waals surface area contributed by atoms with E-state index in [0.29, 0.717) is 0 Å². The van der Waals surface area contributed by atoms with Gasteiger partial charge in [-0.3, -0.25) is 9.36 Å². The second kappa shape index (κ2) is 9.98. The molecule has 1 amide bonds. The number of anilines is 1. The summed E-state index contributed by atoms with van der Waals surface area (Å²) in [7, 11) is 0. The molecule has 5 aromatic rings. The van der Waals surface area contributed by atoms with Crippen LogP contribution in [0.15, 0.2) is 124 Å². The number of nitrogens with zero attached hydrogens (tertiary/aromatic N) is 2. The standard InChI is InChI=1S/C27H21N3OS2/c31-26(28-23-16-8-10-18-25(23)33-21-13-5-2-6-14-21)19-32-27-29-22-15-7-9-17-24(22)30(27)20-11-3-1-4-12-20/h1-18H,19H2,(H,28,31). The summed E-state index contributed by atoms with van der Waals surface area (Å²) in [6.45, 7) is 0. The molecule has 0 aliphatic heterocycles. The predicted molar refractivity (Wildman–Crippen MR) is 137 cm³/mol. The lowest BCUT2D eigenvalue weighted by molar-refractivity contribution is -0.113. The quantitative estimate of drug-likeness (QED) is 0.264. The van der Waals surface area contributed by atoms with E-state index in [0.717, 1.165) is 37.4 Å². The number of carbonyl (C=O) groups is 1. The number of carbonyl (C=O) groups excluding carboxylic acids is 1. The molecule has 0 saturated carbocycles. The zero-order valence-corrected chi connectivity index (χ0v) is 19.4. The molecule has 0 aliphatic carbocycles. The van der Waals surface area contributed by atoms with Crippen LogP contribution in [0.25, 0.3) is 16.7 Å². The summed E-state index contributed by atoms with van der Waals surface area (Å²) in [5.41, 5.74) is 3.78. The number of fused-ring (bicyclic) bond motifs is 1. The molecule has 6 heteroatoms. The van der Waals surface area contributed by atoms with Gasteiger partial charge in [-0.2, -0.15) is 0 Å². The molecule has 4 aromatic carbocycles. The van der Waals surface area contributed by atoms with Crippen molar-refractivity contribution >= 4 is 46.2 Å². The van der Waals surface area contributed by atoms with Gasteiger partial charge in [0.2, 0.25) is 5.91 Å². The number of nitrogens with one attached hydrogen (secondary N) is 1. The fourth-order valence-electron chi connectivity index (χ4n) is 3.52. The van der Waals surface area contributed by atoms with Gasteiger partial charge < -0.3 is 5.32 Å². The molecule has 0 spiro atoms. The van der Waals surface area contributed by atoms with Crippen LogP contribution in [0.3, 0.4) is 0 Å². The van der Waals surface area contributed by atoms with Crippen LogP contribution in [0.1, 0.15) is 0 Å². The normalized spacial score (nSPS) is 10.9. The van der Waals surface area contributed by atoms with E-state index >= 15 is 0 Å². The zero-order chi connectivity index (χ0) is 22.5. The molecular formula is C27H21N3OS2. The van der Waals surface area contributed by atoms with Crippen molar-refractivity contribution in [3.8, 4) is 5.69 Å². The van der Waals surface area contributed by atoms with Crippen molar-refractivity contribution in [2.45, 2.75) is 14.9 Å². The molecule has 5 rings (SSSR count). The average Bonchev–Trinajstić information content (AvgIpc) is 3.24. The summed E-state index contributed by atoms with van der Waals surface area (Å²) in [5.74, 6) is 0.202. The first-order valence-electron chi connectivity index (χ1n) is 10.6. The minimum Gasteiger partial charge on any atom is -0.324 e. The maximum absolute atomic E-state index is 12.9. The molecule has 0 radical (unpaired) electrons. The van der Waals surface area contributed by atoms with E-state index in [2.05, 4.69) is 40.2 Å². The minimum absolute atomic E-state index is 0.0622. The summed E-state index contributed by atoms with van der Waals surface area (Å²) >= 11 is 3.07. The van der Waals surface area contributed by atoms with Gasteiger partial charge in [-0.05, 0) is 48.5 Å². The first kappa shape index (κ1) is 21.4. The Hall–Kier alpha value is -3.48. The third kappa shape index (κ3) is 4.97. The van der Waals surface area contributed by atoms with Crippen molar-refractivity contribution in [1.82, 2.24) is 9.55 Å². The first-order valence-corrected chi connectivity index (χ1v) is 12.4. The Labute approximate surface area is 201 Å². The lowest BCUT2D eigenvalue weighted by Gasteiger charge is -2.11. The Morgan fingerprint density at radius 1 is 0.788 bits per heavy atom. The van der Waals surface area contributed by atoms with Gasteiger partial charge in [-0.15, -0.1) is 0 Å². The summed E-state index contributed by atoms with van der Waals surface area (Å²) in [6.07, 6.45) is 0. The lowest BCUT2D eigenvalue weighted by atomic mass is 10.3. The molecule has 0 saturated heterocycles. The van der Waals surface area contributed by atoms with Gasteiger partial charge in [-0.1, -0.05) is 84.2 Å². The maximum atomic E-state index is 12.9. The van der Waals surface area contributed by atoms with Crippen LogP contribution in [0.2, 0.25) is 0 Å². The molecular weight excluding hydrogens is 446 g/mol. The van der Waals surface area contributed by atoms with E-state index in [1.54, 1.807) is 11.8 Å². The SMILES string of the molecule is O=C(CSc1nc2ccccc2n1-c1ccccc1)Nc1ccccc1Sc1ccccc1. The molecule has 1 heterocycles. The van der Waals surface area contributed by atoms with Gasteiger partial charge in [0.25, 0.3) is 0 Å². The van der Waals surface area contributed by atoms with Gasteiger partial charge in [0.1, 0.15) is 0 Å². The predicted octanol–water partition coefficient (Wildman–Crippen LogP) is 6.91. The average molecular weight is 468 g/mol. The zero-order valence-electron chi connectivity index (χ0n) is 17.7. The van der Waals surface area contributed by atoms with E-state index in [4.69, 9.17) is 4.98 Å². The van der Waals surface area contributed by atoms with E-state index in [1.165, 1.54) is 11.8 Å². The number of thioether (sulfide) groups is 1. The van der Waals surface area contributed by atoms with Crippen LogP contribution in [0.4, 0.5) is 5.69 Å². The van der Waals surface area contributed by atoms with Crippen LogP contribution in [0, 0.1) is 0 Å². The fourth-order valence-corrected chi connectivity index (χ4v) is 5.27. The van der Waals surface area contributed by atoms with E-state index < -0.39 is 0 Å². The number of amides is 1. The second-order valence-corrected chi connectivity index (χ2v) is 9.36. The van der Waals surface area contributed by atoms with Crippen molar-refractivity contribution in [3.63, 3.8) is 0 Å². The van der Waals surface area contributed by atoms with Gasteiger partial charge in [0.15, 0.2) is 5.16 Å². The number of imidazole rings is 1. The van der Waals surface area contributed by atoms with Crippen molar-refractivity contribution in [2.75, 3.05) is 11.1 Å². The van der Waals surface area contributed by atoms with Gasteiger partial charge >= 0.3 is 0 Å². The fraction of sp³-hybridized carbons (Fsp3) is 0.0370. The topological polar surface area (TPSA) is 46.9 Å². The van der Waals surface area contributed by atoms with Crippen LogP contribution >= 0.6 is 23.5 Å². The highest BCUT2D eigenvalue weighted by molar-refractivity contribution is 8.00. The third-order valence-corrected chi connectivity index (χ3v) is 7.03. The summed E-state index contributed by atoms with van der Waals surface area (Å²) in [6, 6.07) is 36.2. The molecule has 0 unspecified atom stereocenters. The van der Waals surface area contributed by atoms with E-state index in [9.17, 15) is 4.79 Å². The molecule has 0 aliphatic rings. The number of rotatable bonds is 7. The Balaban J connectivity index is 1.34. The molecule has 4 nitrogen and oxygen atoms in total. The molecule has 33 heavy (non-hydrogen) atoms. The van der Waals surface area contributed by atoms with Crippen molar-refractivity contribution < 1.29 is 4.79 Å². The van der Waals surface area contributed by atoms with Crippen LogP contribution in [-0.2, 0) is 4.79 Å². The van der Waals surface area contributed by atoms with Crippen LogP contribution < -0.4 is 5.32 Å². The van der Waals surface area contributed by atoms with E-state index in [-0.39, 0.29) is 11.7 Å². The van der Waals surface area contributed by atoms with Gasteiger partial charge in [-0.25, -0.2) is 4.98 Å². The summed E-state index contributed by atoms with van der Waals surface area (Å²) in [5, 5.41) is 3.87.